The largest absolute Gasteiger partial charge is 0.352 e. The quantitative estimate of drug-likeness (QED) is 0.348. The monoisotopic (exact) mass is 480 g/mol. The Bertz CT molecular complexity index is 1380. The maximum Gasteiger partial charge on any atom is 0.235 e. The van der Waals surface area contributed by atoms with E-state index >= 15 is 0 Å². The molecule has 2 heterocycles. The topological polar surface area (TPSA) is 67.2 Å². The van der Waals surface area contributed by atoms with Gasteiger partial charge < -0.3 is 14.8 Å². The lowest BCUT2D eigenvalue weighted by atomic mass is 9.97. The van der Waals surface area contributed by atoms with Crippen molar-refractivity contribution >= 4 is 28.5 Å². The summed E-state index contributed by atoms with van der Waals surface area (Å²) in [6, 6.07) is 25.7. The van der Waals surface area contributed by atoms with E-state index in [1.54, 1.807) is 4.90 Å². The number of hydrogen-bond donors (Lipinski definition) is 1. The molecule has 1 N–H and O–H groups in total. The first-order chi connectivity index (χ1) is 17.5. The van der Waals surface area contributed by atoms with Crippen molar-refractivity contribution in [3.63, 3.8) is 0 Å². The number of anilines is 1. The molecule has 0 aliphatic carbocycles. The molecular weight excluding hydrogens is 448 g/mol. The number of para-hydroxylation sites is 3. The van der Waals surface area contributed by atoms with Gasteiger partial charge in [-0.3, -0.25) is 9.59 Å². The first-order valence-electron chi connectivity index (χ1n) is 12.7. The van der Waals surface area contributed by atoms with Crippen molar-refractivity contribution in [3.05, 3.63) is 95.8 Å². The molecule has 4 aromatic rings. The van der Waals surface area contributed by atoms with Crippen LogP contribution in [-0.2, 0) is 29.2 Å². The lowest BCUT2D eigenvalue weighted by Gasteiger charge is -2.19. The van der Waals surface area contributed by atoms with Gasteiger partial charge in [0.2, 0.25) is 11.8 Å². The van der Waals surface area contributed by atoms with Crippen molar-refractivity contribution in [1.82, 2.24) is 14.9 Å². The average molecular weight is 481 g/mol. The van der Waals surface area contributed by atoms with Crippen molar-refractivity contribution in [3.8, 4) is 0 Å². The minimum atomic E-state index is -0.495. The lowest BCUT2D eigenvalue weighted by Crippen LogP contribution is -2.32. The van der Waals surface area contributed by atoms with Crippen LogP contribution in [0.1, 0.15) is 49.6 Å². The van der Waals surface area contributed by atoms with Gasteiger partial charge in [-0.2, -0.15) is 0 Å². The Morgan fingerprint density at radius 2 is 1.69 bits per heavy atom. The number of carbonyl (C=O) groups is 2. The van der Waals surface area contributed by atoms with Crippen molar-refractivity contribution in [2.45, 2.75) is 52.2 Å². The highest BCUT2D eigenvalue weighted by Gasteiger charge is 2.38. The van der Waals surface area contributed by atoms with E-state index < -0.39 is 5.92 Å². The second-order valence-electron chi connectivity index (χ2n) is 9.85. The summed E-state index contributed by atoms with van der Waals surface area (Å²) in [6.45, 7) is 6.11. The third-order valence-corrected chi connectivity index (χ3v) is 6.85. The van der Waals surface area contributed by atoms with Gasteiger partial charge in [0.15, 0.2) is 0 Å². The second kappa shape index (κ2) is 10.4. The standard InChI is InChI=1S/C30H32N4O2/c1-21(2)16-17-33-27-15-9-7-13-25(27)32-28(33)20-34-26-14-8-6-12-23(26)24(30(34)36)18-29(35)31-19-22-10-4-3-5-11-22/h3-15,21,24H,16-20H2,1-2H3,(H,31,35). The highest BCUT2D eigenvalue weighted by Crippen LogP contribution is 2.40. The van der Waals surface area contributed by atoms with Crippen molar-refractivity contribution in [2.24, 2.45) is 5.92 Å². The molecule has 0 saturated carbocycles. The summed E-state index contributed by atoms with van der Waals surface area (Å²) in [7, 11) is 0. The number of hydrogen-bond acceptors (Lipinski definition) is 3. The van der Waals surface area contributed by atoms with Crippen LogP contribution in [0.15, 0.2) is 78.9 Å². The van der Waals surface area contributed by atoms with Gasteiger partial charge in [-0.05, 0) is 41.7 Å². The molecule has 184 valence electrons. The van der Waals surface area contributed by atoms with Crippen LogP contribution in [0.25, 0.3) is 11.0 Å². The number of nitrogens with zero attached hydrogens (tertiary/aromatic N) is 3. The van der Waals surface area contributed by atoms with Crippen LogP contribution in [0.2, 0.25) is 0 Å². The molecular formula is C30H32N4O2. The van der Waals surface area contributed by atoms with Gasteiger partial charge in [0.25, 0.3) is 0 Å². The van der Waals surface area contributed by atoms with E-state index in [0.29, 0.717) is 19.0 Å². The van der Waals surface area contributed by atoms with E-state index in [9.17, 15) is 9.59 Å². The molecule has 0 radical (unpaired) electrons. The minimum absolute atomic E-state index is 0.0477. The van der Waals surface area contributed by atoms with E-state index in [1.165, 1.54) is 0 Å². The molecule has 2 amide bonds. The highest BCUT2D eigenvalue weighted by atomic mass is 16.2. The van der Waals surface area contributed by atoms with Gasteiger partial charge in [0.05, 0.1) is 23.5 Å². The molecule has 5 rings (SSSR count). The number of imidazole rings is 1. The zero-order valence-corrected chi connectivity index (χ0v) is 20.9. The Morgan fingerprint density at radius 1 is 0.972 bits per heavy atom. The summed E-state index contributed by atoms with van der Waals surface area (Å²) < 4.78 is 2.24. The van der Waals surface area contributed by atoms with E-state index in [-0.39, 0.29) is 18.2 Å². The maximum atomic E-state index is 13.7. The van der Waals surface area contributed by atoms with Crippen LogP contribution in [-0.4, -0.2) is 21.4 Å². The Kier molecular flexibility index (Phi) is 6.85. The van der Waals surface area contributed by atoms with Crippen LogP contribution in [0, 0.1) is 5.92 Å². The molecule has 0 saturated heterocycles. The summed E-state index contributed by atoms with van der Waals surface area (Å²) in [5.41, 5.74) is 4.83. The van der Waals surface area contributed by atoms with Crippen molar-refractivity contribution in [1.29, 1.82) is 0 Å². The van der Waals surface area contributed by atoms with Crippen LogP contribution in [0.4, 0.5) is 5.69 Å². The molecule has 0 spiro atoms. The molecule has 1 aliphatic rings. The summed E-state index contributed by atoms with van der Waals surface area (Å²) in [5.74, 6) is 0.762. The Hall–Kier alpha value is -3.93. The van der Waals surface area contributed by atoms with Gasteiger partial charge in [-0.1, -0.05) is 74.5 Å². The lowest BCUT2D eigenvalue weighted by molar-refractivity contribution is -0.126. The number of carbonyl (C=O) groups excluding carboxylic acids is 2. The number of benzene rings is 3. The molecule has 6 nitrogen and oxygen atoms in total. The summed E-state index contributed by atoms with van der Waals surface area (Å²) in [5, 5.41) is 2.97. The fraction of sp³-hybridized carbons (Fsp3) is 0.300. The zero-order chi connectivity index (χ0) is 25.1. The Morgan fingerprint density at radius 3 is 2.50 bits per heavy atom. The molecule has 1 unspecified atom stereocenters. The predicted octanol–water partition coefficient (Wildman–Crippen LogP) is 5.42. The van der Waals surface area contributed by atoms with Crippen LogP contribution < -0.4 is 10.2 Å². The number of fused-ring (bicyclic) bond motifs is 2. The normalized spacial score (nSPS) is 15.0. The van der Waals surface area contributed by atoms with Gasteiger partial charge in [-0.15, -0.1) is 0 Å². The predicted molar refractivity (Wildman–Crippen MR) is 142 cm³/mol. The summed E-state index contributed by atoms with van der Waals surface area (Å²) >= 11 is 0. The van der Waals surface area contributed by atoms with E-state index in [4.69, 9.17) is 4.98 Å². The molecule has 1 aromatic heterocycles. The average Bonchev–Trinajstić information content (AvgIpc) is 3.37. The maximum absolute atomic E-state index is 13.7. The van der Waals surface area contributed by atoms with Gasteiger partial charge in [0, 0.05) is 25.2 Å². The van der Waals surface area contributed by atoms with Gasteiger partial charge in [-0.25, -0.2) is 4.98 Å². The number of aryl methyl sites for hydroxylation is 1. The molecule has 3 aromatic carbocycles. The second-order valence-corrected chi connectivity index (χ2v) is 9.85. The molecule has 0 fully saturated rings. The number of amides is 2. The van der Waals surface area contributed by atoms with Crippen LogP contribution in [0.3, 0.4) is 0 Å². The smallest absolute Gasteiger partial charge is 0.235 e. The third-order valence-electron chi connectivity index (χ3n) is 6.85. The number of nitrogens with one attached hydrogen (secondary N) is 1. The molecule has 1 aliphatic heterocycles. The SMILES string of the molecule is CC(C)CCn1c(CN2C(=O)C(CC(=O)NCc3ccccc3)c3ccccc32)nc2ccccc21. The molecule has 36 heavy (non-hydrogen) atoms. The summed E-state index contributed by atoms with van der Waals surface area (Å²) in [6.07, 6.45) is 1.16. The minimum Gasteiger partial charge on any atom is -0.352 e. The van der Waals surface area contributed by atoms with Crippen molar-refractivity contribution in [2.75, 3.05) is 4.90 Å². The van der Waals surface area contributed by atoms with Gasteiger partial charge >= 0.3 is 0 Å². The zero-order valence-electron chi connectivity index (χ0n) is 20.9. The molecule has 1 atom stereocenters. The fourth-order valence-electron chi connectivity index (χ4n) is 4.91. The van der Waals surface area contributed by atoms with Crippen LogP contribution in [0.5, 0.6) is 0 Å². The first kappa shape index (κ1) is 23.8. The third kappa shape index (κ3) is 4.89. The Labute approximate surface area is 212 Å². The first-order valence-corrected chi connectivity index (χ1v) is 12.7. The number of rotatable bonds is 9. The van der Waals surface area contributed by atoms with Crippen molar-refractivity contribution < 1.29 is 9.59 Å². The van der Waals surface area contributed by atoms with Crippen LogP contribution >= 0.6 is 0 Å². The molecule has 0 bridgehead atoms. The van der Waals surface area contributed by atoms with E-state index in [1.807, 2.05) is 72.8 Å². The fourth-order valence-corrected chi connectivity index (χ4v) is 4.91. The Balaban J connectivity index is 1.37. The van der Waals surface area contributed by atoms with E-state index in [0.717, 1.165) is 46.6 Å². The summed E-state index contributed by atoms with van der Waals surface area (Å²) in [4.78, 5) is 33.2. The van der Waals surface area contributed by atoms with Gasteiger partial charge in [0.1, 0.15) is 5.82 Å². The molecule has 6 heteroatoms. The van der Waals surface area contributed by atoms with E-state index in [2.05, 4.69) is 29.8 Å². The number of aromatic nitrogens is 2. The highest BCUT2D eigenvalue weighted by molar-refractivity contribution is 6.06.